The predicted molar refractivity (Wildman–Crippen MR) is 112 cm³/mol. The van der Waals surface area contributed by atoms with Gasteiger partial charge in [-0.15, -0.1) is 0 Å². The molecule has 0 spiro atoms. The van der Waals surface area contributed by atoms with Crippen molar-refractivity contribution in [3.63, 3.8) is 0 Å². The largest absolute Gasteiger partial charge is 0.446 e. The Bertz CT molecular complexity index is 1140. The first-order valence-corrected chi connectivity index (χ1v) is 9.30. The van der Waals surface area contributed by atoms with Crippen LogP contribution in [0.1, 0.15) is 17.3 Å². The van der Waals surface area contributed by atoms with Crippen molar-refractivity contribution in [3.05, 3.63) is 70.9 Å². The number of alkyl halides is 3. The Labute approximate surface area is 179 Å². The van der Waals surface area contributed by atoms with Gasteiger partial charge in [0.15, 0.2) is 0 Å². The molecule has 2 amide bonds. The van der Waals surface area contributed by atoms with Crippen molar-refractivity contribution >= 4 is 46.9 Å². The molecule has 31 heavy (non-hydrogen) atoms. The molecule has 1 aliphatic rings. The molecule has 7 nitrogen and oxygen atoms in total. The number of anilines is 3. The second kappa shape index (κ2) is 7.97. The number of hydrogen-bond donors (Lipinski definition) is 3. The van der Waals surface area contributed by atoms with Gasteiger partial charge in [0.2, 0.25) is 5.88 Å². The van der Waals surface area contributed by atoms with Gasteiger partial charge in [-0.1, -0.05) is 11.6 Å². The quantitative estimate of drug-likeness (QED) is 0.475. The van der Waals surface area contributed by atoms with Crippen LogP contribution in [0, 0.1) is 0 Å². The molecule has 4 rings (SSSR count). The minimum absolute atomic E-state index is 0.0181. The van der Waals surface area contributed by atoms with E-state index in [0.717, 1.165) is 29.4 Å². The third-order valence-electron chi connectivity index (χ3n) is 4.56. The number of carbonyl (C=O) groups is 1. The lowest BCUT2D eigenvalue weighted by atomic mass is 10.2. The van der Waals surface area contributed by atoms with Gasteiger partial charge in [-0.2, -0.15) is 13.2 Å². The van der Waals surface area contributed by atoms with E-state index in [0.29, 0.717) is 11.6 Å². The number of nitrogens with two attached hydrogens (primary N) is 1. The maximum absolute atomic E-state index is 12.9. The summed E-state index contributed by atoms with van der Waals surface area (Å²) in [7, 11) is 0. The first-order valence-electron chi connectivity index (χ1n) is 8.93. The number of carbonyl (C=O) groups excluding carboxylic acids is 1. The average molecular weight is 450 g/mol. The monoisotopic (exact) mass is 449 g/mol. The Morgan fingerprint density at radius 2 is 1.87 bits per heavy atom. The first kappa shape index (κ1) is 20.8. The molecule has 3 aromatic rings. The van der Waals surface area contributed by atoms with Gasteiger partial charge in [-0.05, 0) is 48.5 Å². The number of furan rings is 1. The van der Waals surface area contributed by atoms with Crippen LogP contribution in [-0.2, 0) is 6.18 Å². The number of nitrogens with zero attached hydrogens (tertiary/aromatic N) is 2. The van der Waals surface area contributed by atoms with Crippen LogP contribution in [0.15, 0.2) is 64.2 Å². The summed E-state index contributed by atoms with van der Waals surface area (Å²) in [5.74, 6) is 0.451. The fourth-order valence-corrected chi connectivity index (χ4v) is 3.17. The summed E-state index contributed by atoms with van der Waals surface area (Å²) < 4.78 is 43.8. The first-order chi connectivity index (χ1) is 14.7. The van der Waals surface area contributed by atoms with Crippen molar-refractivity contribution < 1.29 is 22.4 Å². The summed E-state index contributed by atoms with van der Waals surface area (Å²) in [6.45, 7) is 0. The van der Waals surface area contributed by atoms with Crippen molar-refractivity contribution in [2.75, 3.05) is 15.5 Å². The third-order valence-corrected chi connectivity index (χ3v) is 4.89. The number of hydrogen-bond acceptors (Lipinski definition) is 5. The number of fused-ring (bicyclic) bond motifs is 1. The van der Waals surface area contributed by atoms with E-state index in [-0.39, 0.29) is 10.7 Å². The van der Waals surface area contributed by atoms with Crippen LogP contribution in [0.4, 0.5) is 40.9 Å². The number of aliphatic imine (C=N–C) groups is 1. The lowest BCUT2D eigenvalue weighted by molar-refractivity contribution is -0.137. The zero-order valence-electron chi connectivity index (χ0n) is 15.7. The van der Waals surface area contributed by atoms with E-state index >= 15 is 0 Å². The predicted octanol–water partition coefficient (Wildman–Crippen LogP) is 5.73. The highest BCUT2D eigenvalue weighted by atomic mass is 35.5. The van der Waals surface area contributed by atoms with Crippen molar-refractivity contribution in [2.45, 2.75) is 12.3 Å². The van der Waals surface area contributed by atoms with Crippen LogP contribution < -0.4 is 21.3 Å². The van der Waals surface area contributed by atoms with Crippen LogP contribution in [-0.4, -0.2) is 12.4 Å². The van der Waals surface area contributed by atoms with E-state index in [4.69, 9.17) is 21.8 Å². The molecule has 0 aliphatic carbocycles. The van der Waals surface area contributed by atoms with Crippen molar-refractivity contribution in [3.8, 4) is 0 Å². The molecule has 2 aromatic carbocycles. The number of urea groups is 1. The standard InChI is InChI=1S/C20H15ClF3N5O2/c21-15-6-1-11(20(22,23)24)9-16(15)28-19(30)27-12-2-4-13(5-3-12)29-10-26-18-14(17(29)25)7-8-31-18/h1-10,17H,25H2,(H2,27,28,30). The van der Waals surface area contributed by atoms with E-state index in [1.54, 1.807) is 41.6 Å². The second-order valence-corrected chi connectivity index (χ2v) is 7.00. The van der Waals surface area contributed by atoms with E-state index in [9.17, 15) is 18.0 Å². The lowest BCUT2D eigenvalue weighted by Gasteiger charge is -2.29. The fourth-order valence-electron chi connectivity index (χ4n) is 3.00. The van der Waals surface area contributed by atoms with Gasteiger partial charge in [-0.25, -0.2) is 9.79 Å². The highest BCUT2D eigenvalue weighted by Gasteiger charge is 2.31. The summed E-state index contributed by atoms with van der Waals surface area (Å²) in [6.07, 6.45) is -1.99. The van der Waals surface area contributed by atoms with Crippen LogP contribution in [0.3, 0.4) is 0 Å². The Balaban J connectivity index is 1.43. The molecule has 0 bridgehead atoms. The highest BCUT2D eigenvalue weighted by molar-refractivity contribution is 6.33. The molecule has 1 unspecified atom stereocenters. The molecular weight excluding hydrogens is 435 g/mol. The topological polar surface area (TPSA) is 95.9 Å². The Kier molecular flexibility index (Phi) is 5.34. The van der Waals surface area contributed by atoms with Crippen molar-refractivity contribution in [2.24, 2.45) is 10.7 Å². The molecule has 1 atom stereocenters. The molecule has 0 saturated carbocycles. The highest BCUT2D eigenvalue weighted by Crippen LogP contribution is 2.35. The van der Waals surface area contributed by atoms with Gasteiger partial charge in [0.25, 0.3) is 0 Å². The fraction of sp³-hybridized carbons (Fsp3) is 0.100. The molecule has 160 valence electrons. The lowest BCUT2D eigenvalue weighted by Crippen LogP contribution is -2.35. The third kappa shape index (κ3) is 4.35. The minimum atomic E-state index is -4.55. The maximum Gasteiger partial charge on any atom is 0.416 e. The number of nitrogens with one attached hydrogen (secondary N) is 2. The zero-order chi connectivity index (χ0) is 22.2. The number of amides is 2. The Hall–Kier alpha value is -3.50. The zero-order valence-corrected chi connectivity index (χ0v) is 16.4. The van der Waals surface area contributed by atoms with Gasteiger partial charge >= 0.3 is 12.2 Å². The maximum atomic E-state index is 12.9. The van der Waals surface area contributed by atoms with E-state index in [1.165, 1.54) is 6.26 Å². The van der Waals surface area contributed by atoms with Gasteiger partial charge in [0, 0.05) is 11.4 Å². The van der Waals surface area contributed by atoms with Gasteiger partial charge in [-0.3, -0.25) is 0 Å². The second-order valence-electron chi connectivity index (χ2n) is 6.60. The Morgan fingerprint density at radius 3 is 2.58 bits per heavy atom. The van der Waals surface area contributed by atoms with Gasteiger partial charge in [0.1, 0.15) is 12.5 Å². The SMILES string of the molecule is NC1c2ccoc2N=CN1c1ccc(NC(=O)Nc2cc(C(F)(F)F)ccc2Cl)cc1. The molecule has 4 N–H and O–H groups in total. The summed E-state index contributed by atoms with van der Waals surface area (Å²) in [5, 5.41) is 4.84. The Morgan fingerprint density at radius 1 is 1.13 bits per heavy atom. The summed E-state index contributed by atoms with van der Waals surface area (Å²) in [6, 6.07) is 10.3. The molecule has 0 saturated heterocycles. The van der Waals surface area contributed by atoms with E-state index in [2.05, 4.69) is 15.6 Å². The van der Waals surface area contributed by atoms with Gasteiger partial charge < -0.3 is 25.7 Å². The normalized spacial score (nSPS) is 15.5. The van der Waals surface area contributed by atoms with Crippen LogP contribution in [0.25, 0.3) is 0 Å². The number of halogens is 4. The summed E-state index contributed by atoms with van der Waals surface area (Å²) >= 11 is 5.90. The van der Waals surface area contributed by atoms with Crippen LogP contribution >= 0.6 is 11.6 Å². The summed E-state index contributed by atoms with van der Waals surface area (Å²) in [4.78, 5) is 18.1. The molecule has 0 fully saturated rings. The number of rotatable bonds is 3. The van der Waals surface area contributed by atoms with Crippen LogP contribution in [0.5, 0.6) is 0 Å². The minimum Gasteiger partial charge on any atom is -0.446 e. The van der Waals surface area contributed by atoms with Crippen LogP contribution in [0.2, 0.25) is 5.02 Å². The van der Waals surface area contributed by atoms with Crippen molar-refractivity contribution in [1.29, 1.82) is 0 Å². The molecule has 1 aromatic heterocycles. The smallest absolute Gasteiger partial charge is 0.416 e. The van der Waals surface area contributed by atoms with E-state index < -0.39 is 23.9 Å². The van der Waals surface area contributed by atoms with Crippen molar-refractivity contribution in [1.82, 2.24) is 0 Å². The van der Waals surface area contributed by atoms with Gasteiger partial charge in [0.05, 0.1) is 28.1 Å². The molecule has 1 aliphatic heterocycles. The summed E-state index contributed by atoms with van der Waals surface area (Å²) in [5.41, 5.74) is 7.02. The molecule has 2 heterocycles. The average Bonchev–Trinajstić information content (AvgIpc) is 3.20. The van der Waals surface area contributed by atoms with E-state index in [1.807, 2.05) is 0 Å². The number of benzene rings is 2. The molecule has 11 heteroatoms. The molecule has 0 radical (unpaired) electrons. The molecular formula is C20H15ClF3N5O2.